The number of hydrogen-bond donors (Lipinski definition) is 1. The minimum Gasteiger partial charge on any atom is -0.507 e. The maximum absolute atomic E-state index is 13.8. The first-order valence-electron chi connectivity index (χ1n) is 15.0. The number of nitrogens with zero attached hydrogens (tertiary/aromatic N) is 3. The van der Waals surface area contributed by atoms with Crippen LogP contribution in [0.15, 0.2) is 101 Å². The van der Waals surface area contributed by atoms with Gasteiger partial charge in [-0.3, -0.25) is 14.5 Å². The number of aliphatic hydroxyl groups excluding tert-OH is 1. The zero-order valence-electron chi connectivity index (χ0n) is 25.4. The molecular weight excluding hydrogens is 689 g/mol. The molecule has 0 bridgehead atoms. The minimum atomic E-state index is -0.995. The zero-order chi connectivity index (χ0) is 33.4. The van der Waals surface area contributed by atoms with Crippen LogP contribution < -0.4 is 14.4 Å². The second-order valence-electron chi connectivity index (χ2n) is 11.3. The highest BCUT2D eigenvalue weighted by atomic mass is 35.5. The Bertz CT molecular complexity index is 2070. The van der Waals surface area contributed by atoms with Gasteiger partial charge in [0.2, 0.25) is 5.13 Å². The summed E-state index contributed by atoms with van der Waals surface area (Å²) in [5, 5.41) is 21.7. The highest BCUT2D eigenvalue weighted by Gasteiger charge is 2.48. The number of hydrogen-bond acceptors (Lipinski definition) is 9. The van der Waals surface area contributed by atoms with Crippen molar-refractivity contribution in [1.82, 2.24) is 10.2 Å². The number of rotatable bonds is 9. The molecule has 4 aromatic carbocycles. The molecule has 1 amide bonds. The molecule has 2 aliphatic heterocycles. The lowest BCUT2D eigenvalue weighted by molar-refractivity contribution is -0.132. The van der Waals surface area contributed by atoms with Crippen molar-refractivity contribution in [2.24, 2.45) is 0 Å². The first-order chi connectivity index (χ1) is 23.2. The Morgan fingerprint density at radius 1 is 1.02 bits per heavy atom. The summed E-state index contributed by atoms with van der Waals surface area (Å²) in [5.74, 6) is -0.152. The Morgan fingerprint density at radius 3 is 2.67 bits per heavy atom. The molecule has 0 spiro atoms. The van der Waals surface area contributed by atoms with Gasteiger partial charge in [0.15, 0.2) is 4.34 Å². The number of benzene rings is 4. The molecule has 1 saturated heterocycles. The van der Waals surface area contributed by atoms with Gasteiger partial charge in [-0.05, 0) is 71.6 Å². The summed E-state index contributed by atoms with van der Waals surface area (Å²) in [7, 11) is 0. The van der Waals surface area contributed by atoms with Crippen LogP contribution in [0.2, 0.25) is 10.0 Å². The average Bonchev–Trinajstić information content (AvgIpc) is 3.78. The maximum Gasteiger partial charge on any atom is 0.301 e. The molecule has 0 unspecified atom stereocenters. The van der Waals surface area contributed by atoms with Crippen LogP contribution in [0.25, 0.3) is 5.76 Å². The standard InChI is InChI=1S/C36H27Cl2N3O5S2/c1-20-14-25-15-23(11-13-29(25)46-20)32(42)30-31(22-8-5-9-27(16-22)45-18-21-6-3-2-4-7-21)41(34(44)33(30)43)35-39-40-36(48-35)47-19-24-10-12-26(37)17-28(24)38/h2-13,15-17,20,31,42H,14,18-19H2,1H3/t20-,31+/m1/s1. The van der Waals surface area contributed by atoms with E-state index in [1.165, 1.54) is 28.0 Å². The number of fused-ring (bicyclic) bond motifs is 1. The van der Waals surface area contributed by atoms with E-state index in [0.717, 1.165) is 22.4 Å². The van der Waals surface area contributed by atoms with Gasteiger partial charge in [0.25, 0.3) is 5.78 Å². The second kappa shape index (κ2) is 13.6. The number of amides is 1. The second-order valence-corrected chi connectivity index (χ2v) is 14.4. The number of carbonyl (C=O) groups is 2. The molecule has 0 saturated carbocycles. The van der Waals surface area contributed by atoms with Crippen molar-refractivity contribution in [3.05, 3.63) is 134 Å². The molecule has 3 heterocycles. The molecule has 8 nitrogen and oxygen atoms in total. The number of ether oxygens (including phenoxy) is 2. The fraction of sp³-hybridized carbons (Fsp3) is 0.167. The first kappa shape index (κ1) is 32.2. The summed E-state index contributed by atoms with van der Waals surface area (Å²) in [5.41, 5.74) is 3.70. The number of aromatic nitrogens is 2. The topological polar surface area (TPSA) is 102 Å². The largest absolute Gasteiger partial charge is 0.507 e. The summed E-state index contributed by atoms with van der Waals surface area (Å²) in [6.45, 7) is 2.30. The van der Waals surface area contributed by atoms with Crippen LogP contribution in [0, 0.1) is 0 Å². The van der Waals surface area contributed by atoms with Gasteiger partial charge >= 0.3 is 5.91 Å². The van der Waals surface area contributed by atoms with Gasteiger partial charge in [-0.1, -0.05) is 94.8 Å². The van der Waals surface area contributed by atoms with Gasteiger partial charge in [0.1, 0.15) is 30.0 Å². The van der Waals surface area contributed by atoms with Gasteiger partial charge in [-0.2, -0.15) is 0 Å². The highest BCUT2D eigenvalue weighted by molar-refractivity contribution is 8.00. The normalized spacial score (nSPS) is 18.2. The Labute approximate surface area is 294 Å². The molecule has 2 atom stereocenters. The first-order valence-corrected chi connectivity index (χ1v) is 17.6. The molecule has 242 valence electrons. The Morgan fingerprint density at radius 2 is 1.85 bits per heavy atom. The Hall–Kier alpha value is -4.35. The summed E-state index contributed by atoms with van der Waals surface area (Å²) in [6.07, 6.45) is 0.670. The zero-order valence-corrected chi connectivity index (χ0v) is 28.6. The van der Waals surface area contributed by atoms with Crippen molar-refractivity contribution in [2.75, 3.05) is 4.90 Å². The lowest BCUT2D eigenvalue weighted by Gasteiger charge is -2.23. The molecule has 1 fully saturated rings. The molecule has 1 aromatic heterocycles. The van der Waals surface area contributed by atoms with Gasteiger partial charge < -0.3 is 14.6 Å². The molecule has 0 aliphatic carbocycles. The predicted octanol–water partition coefficient (Wildman–Crippen LogP) is 8.67. The van der Waals surface area contributed by atoms with E-state index in [1.54, 1.807) is 48.5 Å². The molecule has 12 heteroatoms. The van der Waals surface area contributed by atoms with Crippen molar-refractivity contribution in [1.29, 1.82) is 0 Å². The summed E-state index contributed by atoms with van der Waals surface area (Å²) in [6, 6.07) is 26.5. The van der Waals surface area contributed by atoms with Crippen LogP contribution in [-0.4, -0.2) is 33.1 Å². The quantitative estimate of drug-likeness (QED) is 0.0532. The van der Waals surface area contributed by atoms with Crippen LogP contribution in [-0.2, 0) is 28.4 Å². The third-order valence-corrected chi connectivity index (χ3v) is 10.7. The number of Topliss-reactive ketones (excluding diaryl/α,β-unsaturated/α-hetero) is 1. The van der Waals surface area contributed by atoms with Crippen LogP contribution >= 0.6 is 46.3 Å². The Balaban J connectivity index is 1.25. The van der Waals surface area contributed by atoms with Crippen LogP contribution in [0.4, 0.5) is 5.13 Å². The number of anilines is 1. The van der Waals surface area contributed by atoms with Gasteiger partial charge in [0, 0.05) is 27.8 Å². The third-order valence-electron chi connectivity index (χ3n) is 8.00. The van der Waals surface area contributed by atoms with E-state index in [4.69, 9.17) is 32.7 Å². The summed E-state index contributed by atoms with van der Waals surface area (Å²) < 4.78 is 12.5. The monoisotopic (exact) mass is 715 g/mol. The molecule has 2 aliphatic rings. The molecule has 0 radical (unpaired) electrons. The molecular formula is C36H27Cl2N3O5S2. The summed E-state index contributed by atoms with van der Waals surface area (Å²) >= 11 is 15.0. The number of carbonyl (C=O) groups excluding carboxylic acids is 2. The van der Waals surface area contributed by atoms with Crippen molar-refractivity contribution < 1.29 is 24.2 Å². The van der Waals surface area contributed by atoms with Gasteiger partial charge in [-0.15, -0.1) is 10.2 Å². The molecule has 1 N–H and O–H groups in total. The van der Waals surface area contributed by atoms with Crippen molar-refractivity contribution >= 4 is 68.9 Å². The van der Waals surface area contributed by atoms with E-state index in [1.807, 2.05) is 49.4 Å². The number of thioether (sulfide) groups is 1. The van der Waals surface area contributed by atoms with Crippen LogP contribution in [0.1, 0.15) is 40.8 Å². The smallest absolute Gasteiger partial charge is 0.301 e. The fourth-order valence-electron chi connectivity index (χ4n) is 5.72. The predicted molar refractivity (Wildman–Crippen MR) is 188 cm³/mol. The Kier molecular flexibility index (Phi) is 9.15. The van der Waals surface area contributed by atoms with E-state index >= 15 is 0 Å². The minimum absolute atomic E-state index is 0.00166. The number of ketones is 1. The summed E-state index contributed by atoms with van der Waals surface area (Å²) in [4.78, 5) is 28.9. The van der Waals surface area contributed by atoms with E-state index in [2.05, 4.69) is 10.2 Å². The highest BCUT2D eigenvalue weighted by Crippen LogP contribution is 2.45. The van der Waals surface area contributed by atoms with E-state index in [9.17, 15) is 14.7 Å². The molecule has 7 rings (SSSR count). The number of halogens is 2. The lowest BCUT2D eigenvalue weighted by atomic mass is 9.94. The lowest BCUT2D eigenvalue weighted by Crippen LogP contribution is -2.29. The van der Waals surface area contributed by atoms with E-state index in [0.29, 0.717) is 50.0 Å². The van der Waals surface area contributed by atoms with Crippen molar-refractivity contribution in [3.63, 3.8) is 0 Å². The van der Waals surface area contributed by atoms with Crippen molar-refractivity contribution in [3.8, 4) is 11.5 Å². The number of aliphatic hydroxyl groups is 1. The average molecular weight is 717 g/mol. The van der Waals surface area contributed by atoms with Gasteiger partial charge in [-0.25, -0.2) is 0 Å². The maximum atomic E-state index is 13.8. The van der Waals surface area contributed by atoms with E-state index < -0.39 is 17.7 Å². The van der Waals surface area contributed by atoms with Crippen LogP contribution in [0.3, 0.4) is 0 Å². The van der Waals surface area contributed by atoms with Crippen molar-refractivity contribution in [2.45, 2.75) is 42.2 Å². The molecule has 5 aromatic rings. The SMILES string of the molecule is C[C@@H]1Cc2cc(C(O)=C3C(=O)C(=O)N(c4nnc(SCc5ccc(Cl)cc5Cl)s4)[C@H]3c3cccc(OCc4ccccc4)c3)ccc2O1. The van der Waals surface area contributed by atoms with Gasteiger partial charge in [0.05, 0.1) is 11.6 Å². The third kappa shape index (κ3) is 6.53. The fourth-order valence-corrected chi connectivity index (χ4v) is 8.15. The van der Waals surface area contributed by atoms with E-state index in [-0.39, 0.29) is 22.6 Å². The van der Waals surface area contributed by atoms with Crippen LogP contribution in [0.5, 0.6) is 11.5 Å². The molecule has 48 heavy (non-hydrogen) atoms.